The molecule has 0 aromatic carbocycles. The second-order valence-electron chi connectivity index (χ2n) is 4.57. The Morgan fingerprint density at radius 3 is 1.42 bits per heavy atom. The fourth-order valence-electron chi connectivity index (χ4n) is 1.05. The minimum Gasteiger partial charge on any atom is -0.369 e. The molecule has 3 nitrogen and oxygen atoms in total. The Balaban J connectivity index is 4.83. The Morgan fingerprint density at radius 2 is 1.33 bits per heavy atom. The van der Waals surface area contributed by atoms with Gasteiger partial charge in [-0.25, -0.2) is 0 Å². The van der Waals surface area contributed by atoms with Gasteiger partial charge in [0.25, 0.3) is 0 Å². The van der Waals surface area contributed by atoms with Crippen LogP contribution in [0.2, 0.25) is 0 Å². The number of ketones is 1. The molecule has 0 saturated carbocycles. The summed E-state index contributed by atoms with van der Waals surface area (Å²) in [6.45, 7) is 8.45. The molecule has 70 valence electrons. The summed E-state index contributed by atoms with van der Waals surface area (Å²) in [5.74, 6) is -0.690. The van der Waals surface area contributed by atoms with Crippen molar-refractivity contribution in [2.75, 3.05) is 0 Å². The van der Waals surface area contributed by atoms with Crippen LogP contribution in [0.1, 0.15) is 34.6 Å². The molecule has 0 unspecified atom stereocenters. The molecule has 0 aliphatic carbocycles. The summed E-state index contributed by atoms with van der Waals surface area (Å²) in [5.41, 5.74) is 3.54. The Morgan fingerprint density at radius 1 is 1.00 bits per heavy atom. The molecule has 0 aliphatic heterocycles. The van der Waals surface area contributed by atoms with Crippen molar-refractivity contribution < 1.29 is 9.59 Å². The van der Waals surface area contributed by atoms with Crippen LogP contribution in [0.5, 0.6) is 0 Å². The molecule has 0 fully saturated rings. The van der Waals surface area contributed by atoms with Crippen molar-refractivity contribution in [3.8, 4) is 0 Å². The number of nitrogens with two attached hydrogens (primary N) is 1. The third kappa shape index (κ3) is 2.06. The van der Waals surface area contributed by atoms with Gasteiger partial charge in [0, 0.05) is 5.41 Å². The lowest BCUT2D eigenvalue weighted by atomic mass is 9.74. The number of primary amides is 1. The maximum Gasteiger partial charge on any atom is 0.230 e. The molecule has 3 heteroatoms. The molecule has 0 aromatic rings. The van der Waals surface area contributed by atoms with Gasteiger partial charge in [-0.15, -0.1) is 0 Å². The van der Waals surface area contributed by atoms with E-state index in [1.807, 2.05) is 0 Å². The first-order valence-electron chi connectivity index (χ1n) is 3.95. The van der Waals surface area contributed by atoms with Gasteiger partial charge >= 0.3 is 0 Å². The van der Waals surface area contributed by atoms with Gasteiger partial charge in [-0.3, -0.25) is 9.59 Å². The number of carbonyl (C=O) groups is 2. The van der Waals surface area contributed by atoms with Gasteiger partial charge < -0.3 is 5.73 Å². The van der Waals surface area contributed by atoms with E-state index in [4.69, 9.17) is 5.73 Å². The highest BCUT2D eigenvalue weighted by atomic mass is 16.2. The molecule has 0 heterocycles. The van der Waals surface area contributed by atoms with Crippen molar-refractivity contribution in [2.24, 2.45) is 16.6 Å². The summed E-state index contributed by atoms with van der Waals surface area (Å²) in [7, 11) is 0. The minimum atomic E-state index is -1.06. The van der Waals surface area contributed by atoms with E-state index in [-0.39, 0.29) is 5.78 Å². The van der Waals surface area contributed by atoms with Crippen LogP contribution in [0.3, 0.4) is 0 Å². The number of carbonyl (C=O) groups excluding carboxylic acids is 2. The van der Waals surface area contributed by atoms with Crippen LogP contribution in [0.15, 0.2) is 0 Å². The Kier molecular flexibility index (Phi) is 2.68. The predicted octanol–water partition coefficient (Wildman–Crippen LogP) is 1.11. The van der Waals surface area contributed by atoms with Gasteiger partial charge in [0.1, 0.15) is 5.41 Å². The van der Waals surface area contributed by atoms with Gasteiger partial charge in [-0.05, 0) is 13.8 Å². The molecule has 2 N–H and O–H groups in total. The molecule has 0 spiro atoms. The van der Waals surface area contributed by atoms with Crippen molar-refractivity contribution >= 4 is 11.7 Å². The first-order chi connectivity index (χ1) is 5.10. The quantitative estimate of drug-likeness (QED) is 0.633. The summed E-state index contributed by atoms with van der Waals surface area (Å²) in [6.07, 6.45) is 0. The van der Waals surface area contributed by atoms with Crippen molar-refractivity contribution in [3.63, 3.8) is 0 Å². The van der Waals surface area contributed by atoms with Crippen molar-refractivity contribution in [3.05, 3.63) is 0 Å². The van der Waals surface area contributed by atoms with Gasteiger partial charge in [0.05, 0.1) is 0 Å². The Bertz CT molecular complexity index is 211. The maximum absolute atomic E-state index is 11.6. The molecule has 0 atom stereocenters. The van der Waals surface area contributed by atoms with Crippen LogP contribution >= 0.6 is 0 Å². The molecule has 0 radical (unpaired) electrons. The van der Waals surface area contributed by atoms with Gasteiger partial charge in [0.2, 0.25) is 5.91 Å². The van der Waals surface area contributed by atoms with Gasteiger partial charge in [-0.1, -0.05) is 20.8 Å². The van der Waals surface area contributed by atoms with Crippen molar-refractivity contribution in [2.45, 2.75) is 34.6 Å². The number of Topliss-reactive ketones (excluding diaryl/α,β-unsaturated/α-hetero) is 1. The Hall–Kier alpha value is -0.860. The fourth-order valence-corrected chi connectivity index (χ4v) is 1.05. The lowest BCUT2D eigenvalue weighted by Crippen LogP contribution is -2.44. The summed E-state index contributed by atoms with van der Waals surface area (Å²) in [4.78, 5) is 22.5. The standard InChI is InChI=1S/C9H17NO2/c1-8(2,3)6(11)9(4,5)7(10)12/h1-5H3,(H2,10,12). The molecule has 0 aliphatic rings. The van der Waals surface area contributed by atoms with E-state index in [1.54, 1.807) is 34.6 Å². The molecule has 0 rings (SSSR count). The first kappa shape index (κ1) is 11.1. The predicted molar refractivity (Wildman–Crippen MR) is 47.4 cm³/mol. The summed E-state index contributed by atoms with van der Waals surface area (Å²) in [5, 5.41) is 0. The van der Waals surface area contributed by atoms with Crippen molar-refractivity contribution in [1.29, 1.82) is 0 Å². The van der Waals surface area contributed by atoms with E-state index in [2.05, 4.69) is 0 Å². The maximum atomic E-state index is 11.6. The lowest BCUT2D eigenvalue weighted by molar-refractivity contribution is -0.143. The van der Waals surface area contributed by atoms with Crippen LogP contribution in [-0.2, 0) is 9.59 Å². The van der Waals surface area contributed by atoms with Gasteiger partial charge in [0.15, 0.2) is 5.78 Å². The topological polar surface area (TPSA) is 60.2 Å². The highest BCUT2D eigenvalue weighted by Crippen LogP contribution is 2.28. The molecule has 12 heavy (non-hydrogen) atoms. The van der Waals surface area contributed by atoms with E-state index in [9.17, 15) is 9.59 Å². The molecule has 0 aromatic heterocycles. The highest BCUT2D eigenvalue weighted by molar-refractivity contribution is 6.06. The Labute approximate surface area is 73.3 Å². The fraction of sp³-hybridized carbons (Fsp3) is 0.778. The SMILES string of the molecule is CC(C)(C)C(=O)C(C)(C)C(N)=O. The zero-order valence-electron chi connectivity index (χ0n) is 8.39. The van der Waals surface area contributed by atoms with Crippen LogP contribution in [0, 0.1) is 10.8 Å². The molecular formula is C9H17NO2. The molecule has 0 saturated heterocycles. The summed E-state index contributed by atoms with van der Waals surface area (Å²) < 4.78 is 0. The van der Waals surface area contributed by atoms with Crippen LogP contribution in [-0.4, -0.2) is 11.7 Å². The average molecular weight is 171 g/mol. The van der Waals surface area contributed by atoms with E-state index >= 15 is 0 Å². The van der Waals surface area contributed by atoms with Crippen molar-refractivity contribution in [1.82, 2.24) is 0 Å². The average Bonchev–Trinajstić information content (AvgIpc) is 1.83. The number of amides is 1. The summed E-state index contributed by atoms with van der Waals surface area (Å²) >= 11 is 0. The number of hydrogen-bond acceptors (Lipinski definition) is 2. The minimum absolute atomic E-state index is 0.123. The largest absolute Gasteiger partial charge is 0.369 e. The second-order valence-corrected chi connectivity index (χ2v) is 4.57. The highest BCUT2D eigenvalue weighted by Gasteiger charge is 2.40. The number of hydrogen-bond donors (Lipinski definition) is 1. The lowest BCUT2D eigenvalue weighted by Gasteiger charge is -2.27. The monoisotopic (exact) mass is 171 g/mol. The second kappa shape index (κ2) is 2.88. The molecule has 0 bridgehead atoms. The molecule has 1 amide bonds. The third-order valence-electron chi connectivity index (χ3n) is 1.86. The van der Waals surface area contributed by atoms with E-state index in [0.717, 1.165) is 0 Å². The van der Waals surface area contributed by atoms with E-state index in [0.29, 0.717) is 0 Å². The normalized spacial score (nSPS) is 12.8. The van der Waals surface area contributed by atoms with Gasteiger partial charge in [-0.2, -0.15) is 0 Å². The van der Waals surface area contributed by atoms with Crippen LogP contribution < -0.4 is 5.73 Å². The zero-order chi connectivity index (χ0) is 10.2. The molecular weight excluding hydrogens is 154 g/mol. The smallest absolute Gasteiger partial charge is 0.230 e. The van der Waals surface area contributed by atoms with Crippen LogP contribution in [0.4, 0.5) is 0 Å². The zero-order valence-corrected chi connectivity index (χ0v) is 8.39. The van der Waals surface area contributed by atoms with E-state index in [1.165, 1.54) is 0 Å². The van der Waals surface area contributed by atoms with E-state index < -0.39 is 16.7 Å². The number of rotatable bonds is 2. The first-order valence-corrected chi connectivity index (χ1v) is 3.95. The summed E-state index contributed by atoms with van der Waals surface area (Å²) in [6, 6.07) is 0. The van der Waals surface area contributed by atoms with Crippen LogP contribution in [0.25, 0.3) is 0 Å². The third-order valence-corrected chi connectivity index (χ3v) is 1.86.